The molecule has 0 bridgehead atoms. The lowest BCUT2D eigenvalue weighted by atomic mass is 9.94. The van der Waals surface area contributed by atoms with E-state index in [4.69, 9.17) is 0 Å². The van der Waals surface area contributed by atoms with Crippen LogP contribution >= 0.6 is 0 Å². The third-order valence-electron chi connectivity index (χ3n) is 3.21. The molecule has 1 heterocycles. The summed E-state index contributed by atoms with van der Waals surface area (Å²) in [4.78, 5) is 16.2. The average Bonchev–Trinajstić information content (AvgIpc) is 2.47. The highest BCUT2D eigenvalue weighted by Gasteiger charge is 2.17. The van der Waals surface area contributed by atoms with Crippen LogP contribution in [0.1, 0.15) is 40.0 Å². The highest BCUT2D eigenvalue weighted by Crippen LogP contribution is 2.19. The first-order chi connectivity index (χ1) is 9.33. The summed E-state index contributed by atoms with van der Waals surface area (Å²) >= 11 is 0. The number of pyridine rings is 1. The Morgan fingerprint density at radius 1 is 1.00 bits per heavy atom. The molecule has 1 aliphatic rings. The Morgan fingerprint density at radius 3 is 2.63 bits per heavy atom. The van der Waals surface area contributed by atoms with E-state index in [0.29, 0.717) is 6.42 Å². The van der Waals surface area contributed by atoms with Gasteiger partial charge in [-0.05, 0) is 31.0 Å². The predicted octanol–water partition coefficient (Wildman–Crippen LogP) is 3.00. The monoisotopic (exact) mass is 247 g/mol. The van der Waals surface area contributed by atoms with Crippen LogP contribution in [0.25, 0.3) is 0 Å². The molecule has 1 aromatic heterocycles. The van der Waals surface area contributed by atoms with Crippen LogP contribution in [0.15, 0.2) is 42.6 Å². The van der Waals surface area contributed by atoms with Crippen molar-refractivity contribution in [2.75, 3.05) is 0 Å². The van der Waals surface area contributed by atoms with Crippen LogP contribution in [0.5, 0.6) is 0 Å². The van der Waals surface area contributed by atoms with Crippen LogP contribution in [0.2, 0.25) is 0 Å². The molecule has 1 aromatic carbocycles. The van der Waals surface area contributed by atoms with Crippen LogP contribution in [0, 0.1) is 11.8 Å². The number of ketones is 1. The van der Waals surface area contributed by atoms with Crippen molar-refractivity contribution in [2.45, 2.75) is 19.3 Å². The first-order valence-electron chi connectivity index (χ1n) is 6.42. The van der Waals surface area contributed by atoms with Crippen molar-refractivity contribution in [1.29, 1.82) is 0 Å². The summed E-state index contributed by atoms with van der Waals surface area (Å²) in [6.07, 6.45) is 4.19. The zero-order chi connectivity index (χ0) is 13.1. The molecule has 2 heteroatoms. The van der Waals surface area contributed by atoms with Gasteiger partial charge in [-0.15, -0.1) is 0 Å². The van der Waals surface area contributed by atoms with Gasteiger partial charge in [0.25, 0.3) is 0 Å². The summed E-state index contributed by atoms with van der Waals surface area (Å²) in [7, 11) is 0. The summed E-state index contributed by atoms with van der Waals surface area (Å²) < 4.78 is 0. The zero-order valence-corrected chi connectivity index (χ0v) is 10.5. The number of benzene rings is 1. The summed E-state index contributed by atoms with van der Waals surface area (Å²) in [5.74, 6) is 6.34. The Bertz CT molecular complexity index is 677. The van der Waals surface area contributed by atoms with Crippen molar-refractivity contribution in [3.63, 3.8) is 0 Å². The molecule has 0 saturated carbocycles. The molecule has 92 valence electrons. The second-order valence-corrected chi connectivity index (χ2v) is 4.61. The Morgan fingerprint density at radius 2 is 1.79 bits per heavy atom. The Kier molecular flexibility index (Phi) is 3.12. The van der Waals surface area contributed by atoms with E-state index in [1.807, 2.05) is 36.4 Å². The van der Waals surface area contributed by atoms with Crippen LogP contribution in [0.4, 0.5) is 0 Å². The number of hydrogen-bond acceptors (Lipinski definition) is 2. The number of rotatable bonds is 0. The minimum Gasteiger partial charge on any atom is -0.294 e. The summed E-state index contributed by atoms with van der Waals surface area (Å²) in [5, 5.41) is 0. The third-order valence-corrected chi connectivity index (χ3v) is 3.21. The van der Waals surface area contributed by atoms with Crippen LogP contribution in [-0.2, 0) is 6.42 Å². The minimum absolute atomic E-state index is 0.192. The normalized spacial score (nSPS) is 13.4. The second kappa shape index (κ2) is 5.07. The fourth-order valence-corrected chi connectivity index (χ4v) is 2.22. The predicted molar refractivity (Wildman–Crippen MR) is 73.9 cm³/mol. The van der Waals surface area contributed by atoms with E-state index >= 15 is 0 Å². The molecule has 0 fully saturated rings. The van der Waals surface area contributed by atoms with Crippen molar-refractivity contribution < 1.29 is 4.79 Å². The number of aromatic nitrogens is 1. The van der Waals surface area contributed by atoms with Gasteiger partial charge in [-0.25, -0.2) is 0 Å². The van der Waals surface area contributed by atoms with E-state index in [9.17, 15) is 4.79 Å². The Hall–Kier alpha value is -2.40. The maximum absolute atomic E-state index is 11.8. The molecule has 0 N–H and O–H groups in total. The molecular weight excluding hydrogens is 234 g/mol. The lowest BCUT2D eigenvalue weighted by molar-refractivity contribution is 0.0971. The number of hydrogen-bond donors (Lipinski definition) is 0. The van der Waals surface area contributed by atoms with Crippen molar-refractivity contribution >= 4 is 5.78 Å². The van der Waals surface area contributed by atoms with Crippen LogP contribution < -0.4 is 0 Å². The largest absolute Gasteiger partial charge is 0.294 e. The van der Waals surface area contributed by atoms with Gasteiger partial charge in [0.2, 0.25) is 0 Å². The van der Waals surface area contributed by atoms with Gasteiger partial charge in [-0.1, -0.05) is 30.0 Å². The highest BCUT2D eigenvalue weighted by atomic mass is 16.1. The zero-order valence-electron chi connectivity index (χ0n) is 10.5. The van der Waals surface area contributed by atoms with Crippen LogP contribution in [-0.4, -0.2) is 10.8 Å². The molecule has 0 saturated heterocycles. The van der Waals surface area contributed by atoms with Gasteiger partial charge in [-0.3, -0.25) is 9.78 Å². The smallest absolute Gasteiger partial charge is 0.164 e. The summed E-state index contributed by atoms with van der Waals surface area (Å²) in [6, 6.07) is 11.7. The lowest BCUT2D eigenvalue weighted by Crippen LogP contribution is -2.12. The average molecular weight is 247 g/mol. The van der Waals surface area contributed by atoms with Gasteiger partial charge in [0.15, 0.2) is 5.78 Å². The van der Waals surface area contributed by atoms with E-state index < -0.39 is 0 Å². The topological polar surface area (TPSA) is 30.0 Å². The second-order valence-electron chi connectivity index (χ2n) is 4.61. The quantitative estimate of drug-likeness (QED) is 0.670. The molecular formula is C17H13NO. The molecule has 2 nitrogen and oxygen atoms in total. The number of aryl methyl sites for hydroxylation is 1. The van der Waals surface area contributed by atoms with Crippen molar-refractivity contribution in [1.82, 2.24) is 4.98 Å². The van der Waals surface area contributed by atoms with Crippen LogP contribution in [0.3, 0.4) is 0 Å². The lowest BCUT2D eigenvalue weighted by Gasteiger charge is -2.12. The maximum atomic E-state index is 11.8. The van der Waals surface area contributed by atoms with Gasteiger partial charge < -0.3 is 0 Å². The van der Waals surface area contributed by atoms with Crippen molar-refractivity contribution in [2.24, 2.45) is 0 Å². The minimum atomic E-state index is 0.192. The fraction of sp³-hybridized carbons (Fsp3) is 0.176. The highest BCUT2D eigenvalue weighted by molar-refractivity contribution is 5.98. The Balaban J connectivity index is 1.93. The summed E-state index contributed by atoms with van der Waals surface area (Å²) in [6.45, 7) is 0. The molecule has 1 aliphatic carbocycles. The summed E-state index contributed by atoms with van der Waals surface area (Å²) in [5.41, 5.74) is 3.44. The van der Waals surface area contributed by atoms with E-state index in [1.54, 1.807) is 6.20 Å². The molecule has 19 heavy (non-hydrogen) atoms. The van der Waals surface area contributed by atoms with Gasteiger partial charge in [-0.2, -0.15) is 0 Å². The van der Waals surface area contributed by atoms with E-state index in [1.165, 1.54) is 0 Å². The number of nitrogens with zero attached hydrogens (tertiary/aromatic N) is 1. The number of carbonyl (C=O) groups is 1. The third kappa shape index (κ3) is 2.56. The molecule has 0 radical (unpaired) electrons. The van der Waals surface area contributed by atoms with E-state index in [0.717, 1.165) is 35.2 Å². The van der Waals surface area contributed by atoms with Gasteiger partial charge in [0, 0.05) is 29.3 Å². The molecule has 0 unspecified atom stereocenters. The molecule has 0 atom stereocenters. The number of carbonyl (C=O) groups excluding carboxylic acids is 1. The molecule has 3 rings (SSSR count). The fourth-order valence-electron chi connectivity index (χ4n) is 2.22. The SMILES string of the molecule is O=C1CCCc2ncc(C#Cc3ccccc3)cc21. The van der Waals surface area contributed by atoms with Gasteiger partial charge in [0.1, 0.15) is 0 Å². The molecule has 2 aromatic rings. The Labute approximate surface area is 112 Å². The van der Waals surface area contributed by atoms with Crippen molar-refractivity contribution in [3.8, 4) is 11.8 Å². The van der Waals surface area contributed by atoms with E-state index in [-0.39, 0.29) is 5.78 Å². The van der Waals surface area contributed by atoms with Crippen molar-refractivity contribution in [3.05, 3.63) is 65.0 Å². The first kappa shape index (κ1) is 11.7. The number of Topliss-reactive ketones (excluding diaryl/α,β-unsaturated/α-hetero) is 1. The van der Waals surface area contributed by atoms with Gasteiger partial charge in [0.05, 0.1) is 5.69 Å². The molecule has 0 aliphatic heterocycles. The maximum Gasteiger partial charge on any atom is 0.164 e. The molecule has 0 amide bonds. The van der Waals surface area contributed by atoms with E-state index in [2.05, 4.69) is 16.8 Å². The van der Waals surface area contributed by atoms with Gasteiger partial charge >= 0.3 is 0 Å². The molecule has 0 spiro atoms. The number of fused-ring (bicyclic) bond motifs is 1. The standard InChI is InChI=1S/C17H13NO/c19-17-8-4-7-16-15(17)11-14(12-18-16)10-9-13-5-2-1-3-6-13/h1-3,5-6,11-12H,4,7-8H2. The first-order valence-corrected chi connectivity index (χ1v) is 6.42.